The number of anilines is 2. The van der Waals surface area contributed by atoms with Gasteiger partial charge in [-0.2, -0.15) is 9.59 Å². The van der Waals surface area contributed by atoms with Crippen LogP contribution in [-0.2, 0) is 38.8 Å². The van der Waals surface area contributed by atoms with Crippen LogP contribution in [0, 0.1) is 9.20 Å². The lowest BCUT2D eigenvalue weighted by Gasteiger charge is -2.26. The highest BCUT2D eigenvalue weighted by Crippen LogP contribution is 2.45. The topological polar surface area (TPSA) is 139 Å². The summed E-state index contributed by atoms with van der Waals surface area (Å²) < 4.78 is 4.72. The molecule has 0 bridgehead atoms. The van der Waals surface area contributed by atoms with Gasteiger partial charge in [-0.05, 0) is 83.8 Å². The molecule has 2 aromatic heterocycles. The lowest BCUT2D eigenvalue weighted by Crippen LogP contribution is -2.31. The van der Waals surface area contributed by atoms with Crippen LogP contribution >= 0.6 is 58.4 Å². The monoisotopic (exact) mass is 988 g/mol. The standard InChI is InChI=1S/C50H48N4O5S5.CO2/c1-4-5-12-28-61-38-23-21-37(22-24-38)54-33(3)32(2)39-29-34(20-25-40(39)54)18-13-19-41-45(57)51(27-26-42(55)56)48(62-41)43-46(58)52(30-35-14-8-6-9-15-35)49(63-43)44-47(59)53(50(60)64-44)31-36-16-10-7-11-17-36;2-1-3/h6-11,13-25,29,32-33H,4-5,12,26-28,30-31H2,1-3H3,(H,55,56);/b18-13?,41-19?,48-43+,49-44+;. The molecule has 344 valence electrons. The van der Waals surface area contributed by atoms with Crippen molar-refractivity contribution in [2.45, 2.75) is 82.9 Å². The molecule has 2 atom stereocenters. The smallest absolute Gasteiger partial charge is 0.373 e. The van der Waals surface area contributed by atoms with Gasteiger partial charge >= 0.3 is 12.1 Å². The van der Waals surface area contributed by atoms with Crippen molar-refractivity contribution in [3.63, 3.8) is 0 Å². The summed E-state index contributed by atoms with van der Waals surface area (Å²) >= 11 is 11.0. The summed E-state index contributed by atoms with van der Waals surface area (Å²) in [7, 11) is 0. The van der Waals surface area contributed by atoms with Crippen LogP contribution in [0.5, 0.6) is 0 Å². The van der Waals surface area contributed by atoms with Crippen LogP contribution in [0.1, 0.15) is 74.6 Å². The van der Waals surface area contributed by atoms with Gasteiger partial charge in [0.1, 0.15) is 23.1 Å². The molecule has 67 heavy (non-hydrogen) atoms. The fourth-order valence-electron chi connectivity index (χ4n) is 8.00. The van der Waals surface area contributed by atoms with E-state index < -0.39 is 5.97 Å². The van der Waals surface area contributed by atoms with Crippen molar-refractivity contribution in [1.82, 2.24) is 14.0 Å². The number of unbranched alkanes of at least 4 members (excludes halogenated alkanes) is 2. The second-order valence-corrected chi connectivity index (χ2v) is 20.8. The quantitative estimate of drug-likeness (QED) is 0.0600. The van der Waals surface area contributed by atoms with E-state index in [1.54, 1.807) is 15.5 Å². The minimum absolute atomic E-state index is 0.125. The average Bonchev–Trinajstić information content (AvgIpc) is 3.99. The fraction of sp³-hybridized carbons (Fsp3) is 0.255. The third-order valence-electron chi connectivity index (χ3n) is 11.5. The molecule has 8 rings (SSSR count). The number of aromatic nitrogens is 2. The van der Waals surface area contributed by atoms with Crippen LogP contribution in [0.3, 0.4) is 0 Å². The number of thioether (sulfide) groups is 2. The largest absolute Gasteiger partial charge is 0.481 e. The van der Waals surface area contributed by atoms with Gasteiger partial charge < -0.3 is 10.0 Å². The van der Waals surface area contributed by atoms with Crippen LogP contribution in [-0.4, -0.2) is 53.3 Å². The Morgan fingerprint density at radius 2 is 1.51 bits per heavy atom. The second-order valence-electron chi connectivity index (χ2n) is 15.9. The number of nitrogens with zero attached hydrogens (tertiary/aromatic N) is 4. The third kappa shape index (κ3) is 11.3. The Hall–Kier alpha value is -5.87. The number of rotatable bonds is 15. The predicted octanol–water partition coefficient (Wildman–Crippen LogP) is 8.95. The maximum absolute atomic E-state index is 14.6. The first-order valence-electron chi connectivity index (χ1n) is 21.8. The number of carboxylic acid groups (broad SMARTS) is 1. The van der Waals surface area contributed by atoms with E-state index in [2.05, 4.69) is 68.1 Å². The normalized spacial score (nSPS) is 17.2. The highest BCUT2D eigenvalue weighted by molar-refractivity contribution is 8.30. The molecule has 16 heteroatoms. The number of hydrogen-bond acceptors (Lipinski definition) is 12. The average molecular weight is 989 g/mol. The minimum atomic E-state index is -1.06. The van der Waals surface area contributed by atoms with E-state index in [9.17, 15) is 24.3 Å². The molecule has 0 aliphatic carbocycles. The predicted molar refractivity (Wildman–Crippen MR) is 274 cm³/mol. The number of carboxylic acids is 1. The van der Waals surface area contributed by atoms with E-state index in [1.165, 1.54) is 45.7 Å². The molecule has 2 aliphatic rings. The summed E-state index contributed by atoms with van der Waals surface area (Å²) in [4.78, 5) is 76.4. The van der Waals surface area contributed by atoms with Crippen LogP contribution in [0.15, 0.2) is 124 Å². The van der Waals surface area contributed by atoms with Gasteiger partial charge in [0.25, 0.3) is 17.0 Å². The fourth-order valence-corrected chi connectivity index (χ4v) is 12.7. The van der Waals surface area contributed by atoms with E-state index in [4.69, 9.17) is 21.8 Å². The van der Waals surface area contributed by atoms with Gasteiger partial charge in [-0.1, -0.05) is 130 Å². The first-order chi connectivity index (χ1) is 32.4. The van der Waals surface area contributed by atoms with E-state index >= 15 is 0 Å². The Labute approximate surface area is 409 Å². The Kier molecular flexibility index (Phi) is 16.7. The number of amides is 1. The summed E-state index contributed by atoms with van der Waals surface area (Å²) in [5.74, 6) is 0.0587. The zero-order chi connectivity index (χ0) is 47.6. The molecule has 6 aromatic rings. The molecule has 2 unspecified atom stereocenters. The van der Waals surface area contributed by atoms with Crippen LogP contribution in [0.2, 0.25) is 0 Å². The molecule has 0 spiro atoms. The van der Waals surface area contributed by atoms with Crippen molar-refractivity contribution in [1.29, 1.82) is 0 Å². The zero-order valence-corrected chi connectivity index (χ0v) is 41.2. The van der Waals surface area contributed by atoms with Crippen molar-refractivity contribution in [3.8, 4) is 0 Å². The molecular formula is C51H48N4O7S5. The second kappa shape index (κ2) is 22.8. The van der Waals surface area contributed by atoms with E-state index in [1.807, 2.05) is 84.6 Å². The Bertz CT molecular complexity index is 3190. The van der Waals surface area contributed by atoms with Crippen LogP contribution < -0.4 is 25.2 Å². The maximum Gasteiger partial charge on any atom is 0.373 e. The summed E-state index contributed by atoms with van der Waals surface area (Å²) in [6.07, 6.45) is 9.17. The number of thiocarbonyl (C=S) groups is 1. The first kappa shape index (κ1) is 49.0. The van der Waals surface area contributed by atoms with Gasteiger partial charge in [0.2, 0.25) is 0 Å². The highest BCUT2D eigenvalue weighted by Gasteiger charge is 2.35. The van der Waals surface area contributed by atoms with Gasteiger partial charge in [0.15, 0.2) is 0 Å². The lowest BCUT2D eigenvalue weighted by molar-refractivity contribution is -0.191. The van der Waals surface area contributed by atoms with Crippen LogP contribution in [0.4, 0.5) is 11.4 Å². The van der Waals surface area contributed by atoms with Crippen molar-refractivity contribution < 1.29 is 24.3 Å². The van der Waals surface area contributed by atoms with E-state index in [-0.39, 0.29) is 65.7 Å². The SMILES string of the molecule is CCCCCSc1ccc(N2c3ccc(C=CC=c4s/c(=c5/s/c(=C6/SC(=S)N(Cc7ccccc7)C6=O)n(Cc6ccccc6)c5=O)n(CCC(=O)O)c4=O)cc3C(C)C2C)cc1.O=C=O. The Morgan fingerprint density at radius 3 is 2.16 bits per heavy atom. The van der Waals surface area contributed by atoms with Gasteiger partial charge in [-0.25, -0.2) is 0 Å². The molecule has 1 amide bonds. The molecule has 4 heterocycles. The molecule has 4 aromatic carbocycles. The molecule has 2 aliphatic heterocycles. The number of carbonyl (C=O) groups is 2. The minimum Gasteiger partial charge on any atom is -0.481 e. The number of allylic oxidation sites excluding steroid dienone is 1. The van der Waals surface area contributed by atoms with Crippen molar-refractivity contribution in [2.75, 3.05) is 10.7 Å². The van der Waals surface area contributed by atoms with Gasteiger partial charge in [0.05, 0.1) is 24.0 Å². The highest BCUT2D eigenvalue weighted by atomic mass is 32.2. The molecule has 11 nitrogen and oxygen atoms in total. The Morgan fingerprint density at radius 1 is 0.836 bits per heavy atom. The summed E-state index contributed by atoms with van der Waals surface area (Å²) in [6.45, 7) is 7.09. The third-order valence-corrected chi connectivity index (χ3v) is 16.7. The number of benzene rings is 4. The molecule has 0 saturated carbocycles. The zero-order valence-electron chi connectivity index (χ0n) is 37.1. The summed E-state index contributed by atoms with van der Waals surface area (Å²) in [5, 5.41) is 9.68. The first-order valence-corrected chi connectivity index (χ1v) is 25.6. The lowest BCUT2D eigenvalue weighted by atomic mass is 9.96. The van der Waals surface area contributed by atoms with E-state index in [0.717, 1.165) is 56.9 Å². The van der Waals surface area contributed by atoms with Crippen molar-refractivity contribution in [2.24, 2.45) is 0 Å². The number of thiazole rings is 2. The van der Waals surface area contributed by atoms with Gasteiger partial charge in [0, 0.05) is 34.8 Å². The molecule has 0 radical (unpaired) electrons. The molecule has 1 N–H and O–H groups in total. The maximum atomic E-state index is 14.6. The van der Waals surface area contributed by atoms with E-state index in [0.29, 0.717) is 23.1 Å². The number of fused-ring (bicyclic) bond motifs is 1. The van der Waals surface area contributed by atoms with Crippen molar-refractivity contribution >= 4 is 109 Å². The summed E-state index contributed by atoms with van der Waals surface area (Å²) in [6, 6.07) is 34.7. The number of carbonyl (C=O) groups excluding carboxylic acids is 3. The number of hydrogen-bond donors (Lipinski definition) is 1. The molecule has 1 saturated heterocycles. The molecule has 1 fully saturated rings. The molecular weight excluding hydrogens is 941 g/mol. The van der Waals surface area contributed by atoms with Gasteiger partial charge in [-0.15, -0.1) is 34.4 Å². The van der Waals surface area contributed by atoms with Crippen molar-refractivity contribution in [3.05, 3.63) is 171 Å². The summed E-state index contributed by atoms with van der Waals surface area (Å²) in [5.41, 5.74) is 5.60. The number of aliphatic carboxylic acids is 1. The van der Waals surface area contributed by atoms with Crippen LogP contribution in [0.25, 0.3) is 17.1 Å². The van der Waals surface area contributed by atoms with Gasteiger partial charge in [-0.3, -0.25) is 33.2 Å². The Balaban J connectivity index is 0.00000216.